The molecular formula is C30H40N6O7. The van der Waals surface area contributed by atoms with Crippen molar-refractivity contribution in [1.82, 2.24) is 10.2 Å². The number of likely N-dealkylation sites (N-methyl/N-ethyl adjacent to an activating group) is 1. The number of aromatic hydroxyl groups is 1. The normalized spacial score (nSPS) is 27.9. The summed E-state index contributed by atoms with van der Waals surface area (Å²) < 4.78 is 0. The lowest BCUT2D eigenvalue weighted by atomic mass is 9.57. The van der Waals surface area contributed by atoms with Gasteiger partial charge in [-0.05, 0) is 57.3 Å². The van der Waals surface area contributed by atoms with E-state index in [1.165, 1.54) is 4.90 Å². The molecule has 13 heteroatoms. The van der Waals surface area contributed by atoms with Crippen LogP contribution in [0, 0.1) is 11.8 Å². The van der Waals surface area contributed by atoms with Gasteiger partial charge in [0, 0.05) is 37.3 Å². The maximum Gasteiger partial charge on any atom is 0.255 e. The summed E-state index contributed by atoms with van der Waals surface area (Å²) in [7, 11) is 6.71. The van der Waals surface area contributed by atoms with E-state index in [-0.39, 0.29) is 35.5 Å². The Hall–Kier alpha value is -3.94. The molecule has 232 valence electrons. The predicted octanol–water partition coefficient (Wildman–Crippen LogP) is 0.551. The van der Waals surface area contributed by atoms with Crippen LogP contribution in [0.5, 0.6) is 5.75 Å². The highest BCUT2D eigenvalue weighted by Gasteiger charge is 2.64. The summed E-state index contributed by atoms with van der Waals surface area (Å²) in [6.45, 7) is 0.306. The van der Waals surface area contributed by atoms with Gasteiger partial charge < -0.3 is 42.1 Å². The van der Waals surface area contributed by atoms with Crippen LogP contribution in [-0.2, 0) is 20.8 Å². The van der Waals surface area contributed by atoms with Gasteiger partial charge in [-0.2, -0.15) is 0 Å². The number of carbonyl (C=O) groups excluding carboxylic acids is 3. The first-order chi connectivity index (χ1) is 20.2. The van der Waals surface area contributed by atoms with Crippen molar-refractivity contribution >= 4 is 40.4 Å². The number of nitrogens with zero attached hydrogens (tertiary/aromatic N) is 3. The number of aliphatic hydroxyl groups is 3. The molecule has 1 amide bonds. The van der Waals surface area contributed by atoms with Gasteiger partial charge in [0.2, 0.25) is 5.78 Å². The smallest absolute Gasteiger partial charge is 0.255 e. The zero-order valence-electron chi connectivity index (χ0n) is 24.8. The lowest BCUT2D eigenvalue weighted by Gasteiger charge is -2.50. The number of nitrogens with one attached hydrogen (secondary N) is 1. The van der Waals surface area contributed by atoms with E-state index in [9.17, 15) is 34.8 Å². The number of phenols is 1. The molecule has 0 spiro atoms. The number of hydrogen-bond acceptors (Lipinski definition) is 11. The minimum absolute atomic E-state index is 0.0130. The maximum absolute atomic E-state index is 14.1. The van der Waals surface area contributed by atoms with Crippen LogP contribution in [0.25, 0.3) is 5.76 Å². The molecule has 13 nitrogen and oxygen atoms in total. The van der Waals surface area contributed by atoms with Gasteiger partial charge in [0.15, 0.2) is 17.1 Å². The number of aliphatic imine (C=N–C) groups is 1. The van der Waals surface area contributed by atoms with Crippen LogP contribution < -0.4 is 21.7 Å². The Bertz CT molecular complexity index is 1490. The largest absolute Gasteiger partial charge is 0.508 e. The first-order valence-corrected chi connectivity index (χ1v) is 14.5. The molecule has 0 bridgehead atoms. The van der Waals surface area contributed by atoms with Crippen LogP contribution in [-0.4, -0.2) is 101 Å². The predicted molar refractivity (Wildman–Crippen MR) is 160 cm³/mol. The molecule has 2 fully saturated rings. The number of amides is 1. The summed E-state index contributed by atoms with van der Waals surface area (Å²) in [4.78, 5) is 47.3. The molecule has 1 aromatic rings. The van der Waals surface area contributed by atoms with Gasteiger partial charge in [-0.1, -0.05) is 12.8 Å². The second-order valence-electron chi connectivity index (χ2n) is 12.4. The molecule has 0 radical (unpaired) electrons. The molecule has 1 aromatic carbocycles. The third kappa shape index (κ3) is 4.75. The molecular weight excluding hydrogens is 556 g/mol. The Kier molecular flexibility index (Phi) is 7.78. The van der Waals surface area contributed by atoms with Crippen molar-refractivity contribution in [1.29, 1.82) is 0 Å². The van der Waals surface area contributed by atoms with Crippen molar-refractivity contribution in [3.05, 3.63) is 34.1 Å². The van der Waals surface area contributed by atoms with Gasteiger partial charge in [0.1, 0.15) is 28.6 Å². The third-order valence-electron chi connectivity index (χ3n) is 9.35. The van der Waals surface area contributed by atoms with E-state index in [0.717, 1.165) is 25.7 Å². The van der Waals surface area contributed by atoms with Crippen molar-refractivity contribution < 1.29 is 34.8 Å². The summed E-state index contributed by atoms with van der Waals surface area (Å²) in [6.07, 6.45) is 4.61. The summed E-state index contributed by atoms with van der Waals surface area (Å²) in [5.74, 6) is -6.80. The number of nitrogens with two attached hydrogens (primary N) is 2. The van der Waals surface area contributed by atoms with Crippen molar-refractivity contribution in [2.24, 2.45) is 28.3 Å². The molecule has 9 N–H and O–H groups in total. The highest BCUT2D eigenvalue weighted by atomic mass is 16.3. The molecule has 43 heavy (non-hydrogen) atoms. The highest BCUT2D eigenvalue weighted by molar-refractivity contribution is 6.24. The Morgan fingerprint density at radius 2 is 1.77 bits per heavy atom. The topological polar surface area (TPSA) is 215 Å². The van der Waals surface area contributed by atoms with Crippen molar-refractivity contribution in [2.45, 2.75) is 56.2 Å². The number of Topliss-reactive ketones (excluding diaryl/α,β-unsaturated/α-hetero) is 2. The van der Waals surface area contributed by atoms with Gasteiger partial charge >= 0.3 is 0 Å². The van der Waals surface area contributed by atoms with E-state index < -0.39 is 63.8 Å². The van der Waals surface area contributed by atoms with Crippen LogP contribution >= 0.6 is 0 Å². The molecule has 2 unspecified atom stereocenters. The average molecular weight is 597 g/mol. The number of rotatable bonds is 7. The van der Waals surface area contributed by atoms with E-state index in [4.69, 9.17) is 11.5 Å². The zero-order valence-corrected chi connectivity index (χ0v) is 24.8. The van der Waals surface area contributed by atoms with E-state index in [0.29, 0.717) is 23.8 Å². The van der Waals surface area contributed by atoms with Crippen LogP contribution in [0.2, 0.25) is 0 Å². The first kappa shape index (κ1) is 30.5. The van der Waals surface area contributed by atoms with Crippen molar-refractivity contribution in [2.75, 3.05) is 39.6 Å². The van der Waals surface area contributed by atoms with Crippen molar-refractivity contribution in [3.63, 3.8) is 0 Å². The summed E-state index contributed by atoms with van der Waals surface area (Å²) in [5.41, 5.74) is 9.08. The van der Waals surface area contributed by atoms with Gasteiger partial charge in [0.25, 0.3) is 5.91 Å². The van der Waals surface area contributed by atoms with E-state index in [2.05, 4.69) is 10.3 Å². The lowest BCUT2D eigenvalue weighted by Crippen LogP contribution is -2.65. The molecule has 5 rings (SSSR count). The van der Waals surface area contributed by atoms with Gasteiger partial charge in [-0.3, -0.25) is 19.3 Å². The van der Waals surface area contributed by atoms with E-state index >= 15 is 0 Å². The quantitative estimate of drug-likeness (QED) is 0.131. The Morgan fingerprint density at radius 3 is 2.35 bits per heavy atom. The highest BCUT2D eigenvalue weighted by Crippen LogP contribution is 2.54. The number of anilines is 1. The third-order valence-corrected chi connectivity index (χ3v) is 9.35. The Morgan fingerprint density at radius 1 is 1.12 bits per heavy atom. The number of fused-ring (bicyclic) bond motifs is 3. The second kappa shape index (κ2) is 11.0. The van der Waals surface area contributed by atoms with Crippen LogP contribution in [0.3, 0.4) is 0 Å². The van der Waals surface area contributed by atoms with Crippen LogP contribution in [0.15, 0.2) is 28.0 Å². The van der Waals surface area contributed by atoms with Gasteiger partial charge in [-0.25, -0.2) is 4.99 Å². The summed E-state index contributed by atoms with van der Waals surface area (Å²) in [6, 6.07) is 0.872. The number of amidine groups is 1. The molecule has 4 atom stereocenters. The second-order valence-corrected chi connectivity index (χ2v) is 12.4. The molecule has 0 saturated heterocycles. The lowest BCUT2D eigenvalue weighted by molar-refractivity contribution is -0.153. The average Bonchev–Trinajstić information content (AvgIpc) is 3.44. The van der Waals surface area contributed by atoms with E-state index in [1.54, 1.807) is 39.2 Å². The Labute approximate surface area is 249 Å². The fraction of sp³-hybridized carbons (Fsp3) is 0.533. The van der Waals surface area contributed by atoms with Crippen molar-refractivity contribution in [3.8, 4) is 5.75 Å². The fourth-order valence-electron chi connectivity index (χ4n) is 7.34. The molecule has 0 aliphatic heterocycles. The van der Waals surface area contributed by atoms with Gasteiger partial charge in [0.05, 0.1) is 18.2 Å². The number of hydrogen-bond donors (Lipinski definition) is 7. The summed E-state index contributed by atoms with van der Waals surface area (Å²) >= 11 is 0. The Balaban J connectivity index is 1.64. The maximum atomic E-state index is 14.1. The number of benzene rings is 1. The van der Waals surface area contributed by atoms with E-state index in [1.807, 2.05) is 0 Å². The van der Waals surface area contributed by atoms with Gasteiger partial charge in [-0.15, -0.1) is 0 Å². The number of phenolic OH excluding ortho intramolecular Hbond substituents is 1. The fourth-order valence-corrected chi connectivity index (χ4v) is 7.34. The molecule has 0 heterocycles. The standard InChI is InChI=1S/C30H40N6O7/c1-35(2)18-11-17(34-19(31)12-33-14-7-5-6-8-14)24(37)21-15(18)9-13-10-16-23(36(3)4)26(39)22(29(32)42)28(41)30(16,43)27(40)20(13)25(21)38/h11,13-14,16,23,33,37-38,41,43H,5-10,12H2,1-4H3,(H2,31,34)(H2,32,42)/t13?,16?,23-,30-/m0/s1. The molecule has 4 aliphatic carbocycles. The number of carbonyl (C=O) groups is 3. The van der Waals surface area contributed by atoms with Crippen LogP contribution in [0.4, 0.5) is 11.4 Å². The summed E-state index contributed by atoms with van der Waals surface area (Å²) in [5, 5.41) is 49.2. The number of ketones is 2. The van der Waals surface area contributed by atoms with Crippen LogP contribution in [0.1, 0.15) is 43.2 Å². The number of aliphatic hydroxyl groups excluding tert-OH is 2. The SMILES string of the molecule is CN(C)c1cc(N=C(N)CNC2CCCC2)c(O)c2c1CC1CC3[C@H](N(C)C)C(=O)C(C(N)=O)=C(O)[C@@]3(O)C(=O)C1=C2O. The minimum Gasteiger partial charge on any atom is -0.508 e. The first-order valence-electron chi connectivity index (χ1n) is 14.5. The molecule has 4 aliphatic rings. The zero-order chi connectivity index (χ0) is 31.5. The minimum atomic E-state index is -2.70. The molecule has 2 saturated carbocycles. The number of primary amides is 1. The monoisotopic (exact) mass is 596 g/mol. The molecule has 0 aromatic heterocycles.